The van der Waals surface area contributed by atoms with E-state index in [9.17, 15) is 0 Å². The minimum absolute atomic E-state index is 0.0210. The average Bonchev–Trinajstić information content (AvgIpc) is 3.61. The van der Waals surface area contributed by atoms with Crippen LogP contribution in [0.4, 0.5) is 0 Å². The van der Waals surface area contributed by atoms with Crippen molar-refractivity contribution in [3.8, 4) is 0 Å². The highest BCUT2D eigenvalue weighted by Gasteiger charge is 2.38. The van der Waals surface area contributed by atoms with Gasteiger partial charge in [-0.25, -0.2) is 0 Å². The van der Waals surface area contributed by atoms with Crippen LogP contribution in [0.25, 0.3) is 10.1 Å². The van der Waals surface area contributed by atoms with Crippen molar-refractivity contribution in [2.75, 3.05) is 13.1 Å². The van der Waals surface area contributed by atoms with Crippen molar-refractivity contribution >= 4 is 32.9 Å². The highest BCUT2D eigenvalue weighted by atomic mass is 32.1. The monoisotopic (exact) mass is 795 g/mol. The van der Waals surface area contributed by atoms with Crippen LogP contribution in [-0.2, 0) is 10.8 Å². The van der Waals surface area contributed by atoms with Crippen molar-refractivity contribution in [2.45, 2.75) is 126 Å². The van der Waals surface area contributed by atoms with E-state index in [0.29, 0.717) is 19.0 Å². The molecule has 0 saturated heterocycles. The van der Waals surface area contributed by atoms with Gasteiger partial charge in [0.2, 0.25) is 0 Å². The van der Waals surface area contributed by atoms with Gasteiger partial charge in [0, 0.05) is 29.2 Å². The zero-order valence-electron chi connectivity index (χ0n) is 38.3. The van der Waals surface area contributed by atoms with E-state index in [0.717, 1.165) is 30.7 Å². The summed E-state index contributed by atoms with van der Waals surface area (Å²) < 4.78 is 2.72. The second-order valence-electron chi connectivity index (χ2n) is 17.2. The van der Waals surface area contributed by atoms with E-state index in [2.05, 4.69) is 192 Å². The summed E-state index contributed by atoms with van der Waals surface area (Å²) in [4.78, 5) is 0. The first kappa shape index (κ1) is 48.1. The highest BCUT2D eigenvalue weighted by Crippen LogP contribution is 2.47. The SMILES string of the molecule is C=C\C=C/C=C/C(/C=C\CN/C(C=C(C)C)=C(/CN/C(C=C)=C/C(=C/CC)C(C)CC)B(C(/C=C\C)=C/C)c1cc2cc3c(cc2s1)C(C)(C)CCC3(C)C)=C/CC. The molecule has 1 aliphatic rings. The third-order valence-corrected chi connectivity index (χ3v) is 12.6. The van der Waals surface area contributed by atoms with Crippen LogP contribution >= 0.6 is 11.3 Å². The fraction of sp³-hybridized carbons (Fsp3) is 0.407. The van der Waals surface area contributed by atoms with Crippen LogP contribution in [0.15, 0.2) is 162 Å². The lowest BCUT2D eigenvalue weighted by molar-refractivity contribution is 0.332. The van der Waals surface area contributed by atoms with E-state index < -0.39 is 0 Å². The quantitative estimate of drug-likeness (QED) is 0.0971. The van der Waals surface area contributed by atoms with Crippen molar-refractivity contribution in [3.63, 3.8) is 0 Å². The van der Waals surface area contributed by atoms with Crippen molar-refractivity contribution in [1.29, 1.82) is 0 Å². The van der Waals surface area contributed by atoms with E-state index in [1.807, 2.05) is 29.6 Å². The maximum Gasteiger partial charge on any atom is 0.253 e. The summed E-state index contributed by atoms with van der Waals surface area (Å²) in [5.74, 6) is 0.470. The van der Waals surface area contributed by atoms with Crippen LogP contribution in [0.5, 0.6) is 0 Å². The summed E-state index contributed by atoms with van der Waals surface area (Å²) in [7, 11) is 0. The Morgan fingerprint density at radius 1 is 0.862 bits per heavy atom. The topological polar surface area (TPSA) is 24.1 Å². The molecule has 0 amide bonds. The summed E-state index contributed by atoms with van der Waals surface area (Å²) in [5, 5.41) is 9.17. The largest absolute Gasteiger partial charge is 0.382 e. The number of benzene rings is 1. The number of hydrogen-bond donors (Lipinski definition) is 2. The Balaban J connectivity index is 2.33. The molecule has 0 saturated carbocycles. The van der Waals surface area contributed by atoms with E-state index in [1.165, 1.54) is 66.5 Å². The van der Waals surface area contributed by atoms with Gasteiger partial charge in [0.25, 0.3) is 6.71 Å². The lowest BCUT2D eigenvalue weighted by atomic mass is 9.37. The zero-order valence-corrected chi connectivity index (χ0v) is 39.1. The molecular formula is C54H75BN2S. The van der Waals surface area contributed by atoms with E-state index in [1.54, 1.807) is 6.08 Å². The maximum absolute atomic E-state index is 4.28. The van der Waals surface area contributed by atoms with Gasteiger partial charge in [-0.05, 0) is 151 Å². The van der Waals surface area contributed by atoms with Crippen LogP contribution in [0, 0.1) is 5.92 Å². The molecule has 2 aromatic rings. The number of rotatable bonds is 21. The molecule has 1 aliphatic carbocycles. The van der Waals surface area contributed by atoms with Crippen LogP contribution in [0.2, 0.25) is 0 Å². The Kier molecular flexibility index (Phi) is 19.4. The number of thiophene rings is 1. The third kappa shape index (κ3) is 13.4. The summed E-state index contributed by atoms with van der Waals surface area (Å²) in [5.41, 5.74) is 11.9. The smallest absolute Gasteiger partial charge is 0.253 e. The van der Waals surface area contributed by atoms with Crippen molar-refractivity contribution in [1.82, 2.24) is 10.6 Å². The number of hydrogen-bond acceptors (Lipinski definition) is 3. The zero-order chi connectivity index (χ0) is 42.9. The van der Waals surface area contributed by atoms with Crippen molar-refractivity contribution in [3.05, 3.63) is 173 Å². The Hall–Kier alpha value is -4.28. The molecule has 0 aliphatic heterocycles. The standard InChI is InChI=1S/C54H75BN2S/c1-15-22-23-24-29-42(26-16-2)30-25-33-56-50(34-40(8)9)49(39-57-46(21-7)35-43(27-17-3)41(10)19-5)55(45(20-6)28-18-4)52-37-44-36-47-48(38-51(44)58-52)54(13,14)32-31-53(47,11)12/h15,18,20-30,34-38,41,56-57H,1,7,16-17,19,31-33,39H2,2-6,8-14H3/b23-22-,28-18-,29-24+,30-25-,42-26-,43-27-,45-20+,46-35+,50-49-. The van der Waals surface area contributed by atoms with Crippen molar-refractivity contribution < 1.29 is 0 Å². The van der Waals surface area contributed by atoms with Gasteiger partial charge in [0.05, 0.1) is 0 Å². The molecule has 0 fully saturated rings. The van der Waals surface area contributed by atoms with Gasteiger partial charge in [-0.15, -0.1) is 11.3 Å². The minimum atomic E-state index is 0.0210. The highest BCUT2D eigenvalue weighted by molar-refractivity contribution is 7.30. The lowest BCUT2D eigenvalue weighted by Crippen LogP contribution is -2.39. The first-order valence-corrected chi connectivity index (χ1v) is 22.6. The average molecular weight is 795 g/mol. The van der Waals surface area contributed by atoms with Crippen LogP contribution in [0.1, 0.15) is 126 Å². The molecule has 1 aromatic heterocycles. The van der Waals surface area contributed by atoms with Crippen LogP contribution < -0.4 is 15.4 Å². The summed E-state index contributed by atoms with van der Waals surface area (Å²) in [6.07, 6.45) is 37.9. The minimum Gasteiger partial charge on any atom is -0.382 e. The first-order valence-electron chi connectivity index (χ1n) is 21.8. The number of fused-ring (bicyclic) bond motifs is 2. The number of allylic oxidation sites excluding steroid dienone is 18. The van der Waals surface area contributed by atoms with E-state index in [4.69, 9.17) is 0 Å². The molecule has 2 nitrogen and oxygen atoms in total. The fourth-order valence-electron chi connectivity index (χ4n) is 7.78. The first-order chi connectivity index (χ1) is 27.7. The molecule has 2 N–H and O–H groups in total. The molecule has 0 spiro atoms. The van der Waals surface area contributed by atoms with Gasteiger partial charge in [0.15, 0.2) is 0 Å². The molecule has 58 heavy (non-hydrogen) atoms. The molecule has 1 heterocycles. The second kappa shape index (κ2) is 23.4. The molecule has 1 unspecified atom stereocenters. The third-order valence-electron chi connectivity index (χ3n) is 11.4. The Labute approximate surface area is 359 Å². The van der Waals surface area contributed by atoms with Crippen molar-refractivity contribution in [2.24, 2.45) is 5.92 Å². The molecule has 1 atom stereocenters. The molecule has 310 valence electrons. The molecule has 1 aromatic carbocycles. The van der Waals surface area contributed by atoms with Gasteiger partial charge in [-0.1, -0.05) is 153 Å². The number of nitrogens with one attached hydrogen (secondary N) is 2. The predicted octanol–water partition coefficient (Wildman–Crippen LogP) is 14.6. The van der Waals surface area contributed by atoms with Gasteiger partial charge < -0.3 is 10.6 Å². The Bertz CT molecular complexity index is 1970. The Morgan fingerprint density at radius 3 is 2.14 bits per heavy atom. The van der Waals surface area contributed by atoms with E-state index in [-0.39, 0.29) is 17.5 Å². The molecule has 3 rings (SSSR count). The molecule has 4 heteroatoms. The van der Waals surface area contributed by atoms with Gasteiger partial charge in [0.1, 0.15) is 0 Å². The van der Waals surface area contributed by atoms with Gasteiger partial charge in [-0.3, -0.25) is 0 Å². The van der Waals surface area contributed by atoms with Crippen LogP contribution in [-0.4, -0.2) is 19.8 Å². The maximum atomic E-state index is 4.28. The molecule has 0 radical (unpaired) electrons. The van der Waals surface area contributed by atoms with Gasteiger partial charge >= 0.3 is 0 Å². The predicted molar refractivity (Wildman–Crippen MR) is 266 cm³/mol. The van der Waals surface area contributed by atoms with E-state index >= 15 is 0 Å². The molecule has 0 bridgehead atoms. The summed E-state index contributed by atoms with van der Waals surface area (Å²) in [6, 6.07) is 7.54. The molecular weight excluding hydrogens is 719 g/mol. The second-order valence-corrected chi connectivity index (χ2v) is 18.3. The Morgan fingerprint density at radius 2 is 1.55 bits per heavy atom. The summed E-state index contributed by atoms with van der Waals surface area (Å²) in [6.45, 7) is 36.8. The fourth-order valence-corrected chi connectivity index (χ4v) is 9.03. The van der Waals surface area contributed by atoms with Crippen LogP contribution in [0.3, 0.4) is 0 Å². The normalized spacial score (nSPS) is 17.2. The lowest BCUT2D eigenvalue weighted by Gasteiger charge is -2.41. The summed E-state index contributed by atoms with van der Waals surface area (Å²) >= 11 is 1.96. The van der Waals surface area contributed by atoms with Gasteiger partial charge in [-0.2, -0.15) is 0 Å².